The van der Waals surface area contributed by atoms with Gasteiger partial charge in [0.1, 0.15) is 0 Å². The van der Waals surface area contributed by atoms with E-state index in [-0.39, 0.29) is 24.0 Å². The number of likely N-dealkylation sites (N-methyl/N-ethyl adjacent to an activating group) is 1. The lowest BCUT2D eigenvalue weighted by Gasteiger charge is -2.18. The summed E-state index contributed by atoms with van der Waals surface area (Å²) in [6, 6.07) is 4.77. The number of para-hydroxylation sites is 1. The molecule has 5 heteroatoms. The van der Waals surface area contributed by atoms with Gasteiger partial charge in [-0.3, -0.25) is 4.79 Å². The van der Waals surface area contributed by atoms with E-state index in [1.165, 1.54) is 6.07 Å². The summed E-state index contributed by atoms with van der Waals surface area (Å²) in [5.41, 5.74) is 0.572. The number of carbonyl (C=O) groups excluding carboxylic acids is 1. The Morgan fingerprint density at radius 1 is 1.28 bits per heavy atom. The van der Waals surface area contributed by atoms with Crippen molar-refractivity contribution in [2.24, 2.45) is 0 Å². The van der Waals surface area contributed by atoms with Gasteiger partial charge in [-0.15, -0.1) is 0 Å². The monoisotopic (exact) mass is 252 g/mol. The molecule has 0 aromatic heterocycles. The fourth-order valence-corrected chi connectivity index (χ4v) is 1.71. The zero-order valence-electron chi connectivity index (χ0n) is 10.8. The standard InChI is InChI=1S/C13H20N2O3/c1-3-15(4-2)12(17)9-14-8-10-6-5-7-11(16)13(10)18/h5-7,14,16,18H,3-4,8-9H2,1-2H3. The molecule has 1 aromatic carbocycles. The van der Waals surface area contributed by atoms with Crippen LogP contribution in [-0.4, -0.2) is 40.7 Å². The fourth-order valence-electron chi connectivity index (χ4n) is 1.71. The number of phenols is 2. The summed E-state index contributed by atoms with van der Waals surface area (Å²) >= 11 is 0. The van der Waals surface area contributed by atoms with Crippen molar-refractivity contribution in [2.75, 3.05) is 19.6 Å². The van der Waals surface area contributed by atoms with Gasteiger partial charge in [0.25, 0.3) is 0 Å². The van der Waals surface area contributed by atoms with E-state index in [0.29, 0.717) is 25.2 Å². The van der Waals surface area contributed by atoms with Gasteiger partial charge < -0.3 is 20.4 Å². The van der Waals surface area contributed by atoms with Crippen molar-refractivity contribution in [1.82, 2.24) is 10.2 Å². The second-order valence-electron chi connectivity index (χ2n) is 3.95. The summed E-state index contributed by atoms with van der Waals surface area (Å²) in [5, 5.41) is 21.9. The maximum atomic E-state index is 11.7. The van der Waals surface area contributed by atoms with Gasteiger partial charge in [-0.25, -0.2) is 0 Å². The quantitative estimate of drug-likeness (QED) is 0.662. The second-order valence-corrected chi connectivity index (χ2v) is 3.95. The van der Waals surface area contributed by atoms with Crippen LogP contribution in [0, 0.1) is 0 Å². The topological polar surface area (TPSA) is 72.8 Å². The van der Waals surface area contributed by atoms with Gasteiger partial charge in [0.2, 0.25) is 5.91 Å². The lowest BCUT2D eigenvalue weighted by atomic mass is 10.2. The molecule has 0 aliphatic heterocycles. The smallest absolute Gasteiger partial charge is 0.236 e. The zero-order chi connectivity index (χ0) is 13.5. The molecule has 0 unspecified atom stereocenters. The minimum absolute atomic E-state index is 0.0274. The van der Waals surface area contributed by atoms with E-state index < -0.39 is 0 Å². The number of nitrogens with one attached hydrogen (secondary N) is 1. The van der Waals surface area contributed by atoms with Crippen LogP contribution in [0.4, 0.5) is 0 Å². The van der Waals surface area contributed by atoms with Crippen molar-refractivity contribution in [3.63, 3.8) is 0 Å². The third-order valence-electron chi connectivity index (χ3n) is 2.81. The molecular weight excluding hydrogens is 232 g/mol. The predicted octanol–water partition coefficient (Wildman–Crippen LogP) is 1.06. The molecule has 1 rings (SSSR count). The van der Waals surface area contributed by atoms with Crippen molar-refractivity contribution < 1.29 is 15.0 Å². The number of hydrogen-bond donors (Lipinski definition) is 3. The molecule has 0 saturated carbocycles. The molecule has 3 N–H and O–H groups in total. The molecule has 0 aliphatic rings. The first-order valence-corrected chi connectivity index (χ1v) is 6.08. The molecule has 0 spiro atoms. The van der Waals surface area contributed by atoms with E-state index in [9.17, 15) is 15.0 Å². The van der Waals surface area contributed by atoms with Crippen molar-refractivity contribution in [2.45, 2.75) is 20.4 Å². The van der Waals surface area contributed by atoms with Crippen LogP contribution in [0.25, 0.3) is 0 Å². The molecule has 100 valence electrons. The van der Waals surface area contributed by atoms with Gasteiger partial charge in [0, 0.05) is 25.2 Å². The van der Waals surface area contributed by atoms with Crippen LogP contribution in [0.1, 0.15) is 19.4 Å². The Kier molecular flexibility index (Phi) is 5.45. The number of amides is 1. The Balaban J connectivity index is 2.47. The van der Waals surface area contributed by atoms with E-state index in [0.717, 1.165) is 0 Å². The van der Waals surface area contributed by atoms with Crippen LogP contribution < -0.4 is 5.32 Å². The van der Waals surface area contributed by atoms with Crippen LogP contribution in [0.3, 0.4) is 0 Å². The number of carbonyl (C=O) groups is 1. The van der Waals surface area contributed by atoms with Crippen LogP contribution in [-0.2, 0) is 11.3 Å². The fraction of sp³-hybridized carbons (Fsp3) is 0.462. The van der Waals surface area contributed by atoms with Crippen molar-refractivity contribution in [1.29, 1.82) is 0 Å². The van der Waals surface area contributed by atoms with Crippen LogP contribution in [0.15, 0.2) is 18.2 Å². The van der Waals surface area contributed by atoms with Crippen LogP contribution in [0.5, 0.6) is 11.5 Å². The summed E-state index contributed by atoms with van der Waals surface area (Å²) in [6.45, 7) is 5.80. The van der Waals surface area contributed by atoms with Crippen LogP contribution >= 0.6 is 0 Å². The molecule has 18 heavy (non-hydrogen) atoms. The first-order valence-electron chi connectivity index (χ1n) is 6.08. The molecule has 5 nitrogen and oxygen atoms in total. The third kappa shape index (κ3) is 3.63. The average Bonchev–Trinajstić information content (AvgIpc) is 2.36. The Labute approximate surface area is 107 Å². The van der Waals surface area contributed by atoms with Gasteiger partial charge in [0.05, 0.1) is 6.54 Å². The molecule has 0 fully saturated rings. The van der Waals surface area contributed by atoms with E-state index in [1.807, 2.05) is 13.8 Å². The first-order chi connectivity index (χ1) is 8.60. The number of nitrogens with zero attached hydrogens (tertiary/aromatic N) is 1. The maximum Gasteiger partial charge on any atom is 0.236 e. The van der Waals surface area contributed by atoms with Gasteiger partial charge >= 0.3 is 0 Å². The lowest BCUT2D eigenvalue weighted by Crippen LogP contribution is -2.37. The Morgan fingerprint density at radius 2 is 1.94 bits per heavy atom. The number of aromatic hydroxyl groups is 2. The largest absolute Gasteiger partial charge is 0.504 e. The van der Waals surface area contributed by atoms with Gasteiger partial charge in [-0.1, -0.05) is 12.1 Å². The van der Waals surface area contributed by atoms with Crippen molar-refractivity contribution in [3.05, 3.63) is 23.8 Å². The van der Waals surface area contributed by atoms with Crippen molar-refractivity contribution in [3.8, 4) is 11.5 Å². The normalized spacial score (nSPS) is 10.3. The maximum absolute atomic E-state index is 11.7. The summed E-state index contributed by atoms with van der Waals surface area (Å²) in [4.78, 5) is 13.4. The molecule has 1 amide bonds. The lowest BCUT2D eigenvalue weighted by molar-refractivity contribution is -0.129. The highest BCUT2D eigenvalue weighted by atomic mass is 16.3. The van der Waals surface area contributed by atoms with E-state index in [4.69, 9.17) is 0 Å². The molecule has 0 saturated heterocycles. The molecule has 0 bridgehead atoms. The predicted molar refractivity (Wildman–Crippen MR) is 69.4 cm³/mol. The molecule has 0 heterocycles. The molecular formula is C13H20N2O3. The van der Waals surface area contributed by atoms with Crippen molar-refractivity contribution >= 4 is 5.91 Å². The summed E-state index contributed by atoms with van der Waals surface area (Å²) < 4.78 is 0. The van der Waals surface area contributed by atoms with E-state index in [2.05, 4.69) is 5.32 Å². The highest BCUT2D eigenvalue weighted by Crippen LogP contribution is 2.27. The molecule has 0 atom stereocenters. The van der Waals surface area contributed by atoms with Gasteiger partial charge in [-0.05, 0) is 19.9 Å². The molecule has 0 radical (unpaired) electrons. The highest BCUT2D eigenvalue weighted by molar-refractivity contribution is 5.78. The summed E-state index contributed by atoms with van der Waals surface area (Å²) in [7, 11) is 0. The number of rotatable bonds is 6. The zero-order valence-corrected chi connectivity index (χ0v) is 10.8. The van der Waals surface area contributed by atoms with E-state index in [1.54, 1.807) is 17.0 Å². The molecule has 0 aliphatic carbocycles. The second kappa shape index (κ2) is 6.86. The summed E-state index contributed by atoms with van der Waals surface area (Å²) in [6.07, 6.45) is 0. The number of phenolic OH excluding ortho intramolecular Hbond substituents is 2. The van der Waals surface area contributed by atoms with Crippen LogP contribution in [0.2, 0.25) is 0 Å². The Bertz CT molecular complexity index is 403. The Hall–Kier alpha value is -1.75. The summed E-state index contributed by atoms with van der Waals surface area (Å²) in [5.74, 6) is -0.260. The third-order valence-corrected chi connectivity index (χ3v) is 2.81. The number of benzene rings is 1. The van der Waals surface area contributed by atoms with Gasteiger partial charge in [0.15, 0.2) is 11.5 Å². The minimum Gasteiger partial charge on any atom is -0.504 e. The molecule has 1 aromatic rings. The average molecular weight is 252 g/mol. The Morgan fingerprint density at radius 3 is 2.56 bits per heavy atom. The van der Waals surface area contributed by atoms with E-state index >= 15 is 0 Å². The first kappa shape index (κ1) is 14.3. The number of hydrogen-bond acceptors (Lipinski definition) is 4. The minimum atomic E-state index is -0.149. The SMILES string of the molecule is CCN(CC)C(=O)CNCc1cccc(O)c1O. The van der Waals surface area contributed by atoms with Gasteiger partial charge in [-0.2, -0.15) is 0 Å². The highest BCUT2D eigenvalue weighted by Gasteiger charge is 2.10.